The summed E-state index contributed by atoms with van der Waals surface area (Å²) in [7, 11) is -1.83. The maximum Gasteiger partial charge on any atom is 0.333 e. The Morgan fingerprint density at radius 3 is 1.86 bits per heavy atom. The van der Waals surface area contributed by atoms with Gasteiger partial charge in [-0.2, -0.15) is 0 Å². The molecule has 0 heterocycles. The summed E-state index contributed by atoms with van der Waals surface area (Å²) in [5, 5.41) is 0. The smallest absolute Gasteiger partial charge is 0.333 e. The topological polar surface area (TPSA) is 61.8 Å². The summed E-state index contributed by atoms with van der Waals surface area (Å²) in [5.41, 5.74) is 0.785. The normalized spacial score (nSPS) is 10.9. The van der Waals surface area contributed by atoms with Crippen LogP contribution in [0.15, 0.2) is 24.3 Å². The lowest BCUT2D eigenvalue weighted by atomic mass is 10.4. The first-order valence-electron chi connectivity index (χ1n) is 6.95. The Hall–Kier alpha value is -1.40. The third-order valence-corrected chi connectivity index (χ3v) is 5.21. The van der Waals surface area contributed by atoms with Crippen molar-refractivity contribution < 1.29 is 23.5 Å². The summed E-state index contributed by atoms with van der Waals surface area (Å²) in [6.07, 6.45) is 0.754. The number of esters is 2. The number of rotatable bonds is 10. The predicted molar refractivity (Wildman–Crippen MR) is 84.4 cm³/mol. The lowest BCUT2D eigenvalue weighted by molar-refractivity contribution is -0.140. The van der Waals surface area contributed by atoms with Gasteiger partial charge in [0.15, 0.2) is 8.32 Å². The van der Waals surface area contributed by atoms with Gasteiger partial charge in [-0.05, 0) is 39.4 Å². The Morgan fingerprint density at radius 2 is 1.38 bits per heavy atom. The average molecular weight is 314 g/mol. The number of ether oxygens (including phenoxy) is 2. The first kappa shape index (κ1) is 19.6. The van der Waals surface area contributed by atoms with Crippen molar-refractivity contribution in [1.29, 1.82) is 0 Å². The summed E-state index contributed by atoms with van der Waals surface area (Å²) in [6, 6.07) is 0.866. The van der Waals surface area contributed by atoms with Crippen LogP contribution in [0.2, 0.25) is 19.1 Å². The zero-order chi connectivity index (χ0) is 16.5. The van der Waals surface area contributed by atoms with Gasteiger partial charge in [-0.25, -0.2) is 9.59 Å². The minimum absolute atomic E-state index is 0.229. The third kappa shape index (κ3) is 10.0. The lowest BCUT2D eigenvalue weighted by Gasteiger charge is -2.22. The quantitative estimate of drug-likeness (QED) is 0.268. The van der Waals surface area contributed by atoms with Crippen molar-refractivity contribution in [2.45, 2.75) is 39.4 Å². The van der Waals surface area contributed by atoms with Crippen LogP contribution in [0.5, 0.6) is 0 Å². The summed E-state index contributed by atoms with van der Waals surface area (Å²) in [5.74, 6) is -0.758. The maximum absolute atomic E-state index is 11.2. The highest BCUT2D eigenvalue weighted by molar-refractivity contribution is 6.71. The van der Waals surface area contributed by atoms with Crippen LogP contribution in [0.4, 0.5) is 0 Å². The lowest BCUT2D eigenvalue weighted by Crippen LogP contribution is -2.32. The van der Waals surface area contributed by atoms with Crippen molar-refractivity contribution in [3.05, 3.63) is 24.3 Å². The van der Waals surface area contributed by atoms with Crippen molar-refractivity contribution in [2.24, 2.45) is 0 Å². The van der Waals surface area contributed by atoms with Gasteiger partial charge in [0.25, 0.3) is 0 Å². The molecule has 6 heteroatoms. The molecule has 0 aliphatic rings. The van der Waals surface area contributed by atoms with Crippen molar-refractivity contribution in [2.75, 3.05) is 19.8 Å². The number of hydrogen-bond donors (Lipinski definition) is 0. The van der Waals surface area contributed by atoms with E-state index < -0.39 is 14.3 Å². The molecule has 0 aromatic heterocycles. The number of hydrogen-bond acceptors (Lipinski definition) is 5. The molecule has 0 aromatic carbocycles. The fourth-order valence-electron chi connectivity index (χ4n) is 1.43. The van der Waals surface area contributed by atoms with Crippen molar-refractivity contribution in [1.82, 2.24) is 0 Å². The molecule has 0 spiro atoms. The van der Waals surface area contributed by atoms with Crippen LogP contribution in [0.25, 0.3) is 0 Å². The molecule has 21 heavy (non-hydrogen) atoms. The highest BCUT2D eigenvalue weighted by Gasteiger charge is 2.22. The number of carbonyl (C=O) groups excluding carboxylic acids is 2. The number of carbonyl (C=O) groups is 2. The van der Waals surface area contributed by atoms with Gasteiger partial charge in [0.05, 0.1) is 13.2 Å². The van der Waals surface area contributed by atoms with Gasteiger partial charge in [-0.15, -0.1) is 0 Å². The molecule has 0 bridgehead atoms. The second-order valence-corrected chi connectivity index (χ2v) is 9.85. The molecule has 0 N–H and O–H groups in total. The zero-order valence-corrected chi connectivity index (χ0v) is 14.5. The molecule has 0 amide bonds. The van der Waals surface area contributed by atoms with E-state index in [1.807, 2.05) is 0 Å². The summed E-state index contributed by atoms with van der Waals surface area (Å²) in [4.78, 5) is 22.4. The summed E-state index contributed by atoms with van der Waals surface area (Å²) >= 11 is 0. The molecule has 0 aliphatic carbocycles. The first-order valence-corrected chi connectivity index (χ1v) is 10.1. The molecular weight excluding hydrogens is 288 g/mol. The van der Waals surface area contributed by atoms with Crippen molar-refractivity contribution in [3.8, 4) is 0 Å². The second-order valence-electron chi connectivity index (χ2n) is 5.54. The maximum atomic E-state index is 11.2. The minimum Gasteiger partial charge on any atom is -0.462 e. The summed E-state index contributed by atoms with van der Waals surface area (Å²) < 4.78 is 15.8. The van der Waals surface area contributed by atoms with Crippen LogP contribution < -0.4 is 0 Å². The van der Waals surface area contributed by atoms with Gasteiger partial charge in [-0.3, -0.25) is 0 Å². The molecule has 0 aliphatic heterocycles. The fourth-order valence-corrected chi connectivity index (χ4v) is 3.21. The van der Waals surface area contributed by atoms with E-state index in [4.69, 9.17) is 13.9 Å². The monoisotopic (exact) mass is 314 g/mol. The molecule has 0 saturated carbocycles. The highest BCUT2D eigenvalue weighted by atomic mass is 28.4. The van der Waals surface area contributed by atoms with Gasteiger partial charge in [0.2, 0.25) is 0 Å². The minimum atomic E-state index is -1.83. The zero-order valence-electron chi connectivity index (χ0n) is 13.5. The molecule has 0 saturated heterocycles. The van der Waals surface area contributed by atoms with E-state index in [0.717, 1.165) is 12.5 Å². The van der Waals surface area contributed by atoms with E-state index in [1.165, 1.54) is 0 Å². The van der Waals surface area contributed by atoms with Gasteiger partial charge in [0.1, 0.15) is 6.61 Å². The molecule has 0 fully saturated rings. The van der Waals surface area contributed by atoms with E-state index in [1.54, 1.807) is 13.8 Å². The molecule has 120 valence electrons. The first-order chi connectivity index (χ1) is 9.65. The SMILES string of the molecule is C=C(C)C(=O)OCCC[Si](C)(C)OCCOC(=O)C(=C)C. The highest BCUT2D eigenvalue weighted by Crippen LogP contribution is 2.14. The Balaban J connectivity index is 3.78. The fraction of sp³-hybridized carbons (Fsp3) is 0.600. The molecule has 0 radical (unpaired) electrons. The van der Waals surface area contributed by atoms with Gasteiger partial charge >= 0.3 is 11.9 Å². The average Bonchev–Trinajstić information content (AvgIpc) is 2.38. The van der Waals surface area contributed by atoms with Crippen LogP contribution in [-0.4, -0.2) is 40.1 Å². The molecule has 0 aromatic rings. The molecule has 5 nitrogen and oxygen atoms in total. The van der Waals surface area contributed by atoms with Gasteiger partial charge in [-0.1, -0.05) is 13.2 Å². The van der Waals surface area contributed by atoms with Crippen molar-refractivity contribution in [3.63, 3.8) is 0 Å². The molecular formula is C15H26O5Si. The third-order valence-electron chi connectivity index (χ3n) is 2.66. The van der Waals surface area contributed by atoms with Crippen LogP contribution in [0.3, 0.4) is 0 Å². The van der Waals surface area contributed by atoms with Crippen LogP contribution >= 0.6 is 0 Å². The van der Waals surface area contributed by atoms with Crippen LogP contribution in [-0.2, 0) is 23.5 Å². The Bertz CT molecular complexity index is 365. The van der Waals surface area contributed by atoms with E-state index in [-0.39, 0.29) is 12.6 Å². The Kier molecular flexibility index (Phi) is 8.88. The standard InChI is InChI=1S/C15H26O5Si/c1-12(2)14(16)18-8-7-11-21(5,6)20-10-9-19-15(17)13(3)4/h1,3,7-11H2,2,4-6H3. The van der Waals surface area contributed by atoms with Gasteiger partial charge in [0, 0.05) is 11.1 Å². The molecule has 0 rings (SSSR count). The van der Waals surface area contributed by atoms with E-state index in [2.05, 4.69) is 26.3 Å². The second kappa shape index (κ2) is 9.52. The largest absolute Gasteiger partial charge is 0.462 e. The van der Waals surface area contributed by atoms with E-state index >= 15 is 0 Å². The molecule has 0 atom stereocenters. The Morgan fingerprint density at radius 1 is 0.905 bits per heavy atom. The van der Waals surface area contributed by atoms with Crippen LogP contribution in [0.1, 0.15) is 20.3 Å². The summed E-state index contributed by atoms with van der Waals surface area (Å²) in [6.45, 7) is 15.4. The van der Waals surface area contributed by atoms with Crippen molar-refractivity contribution >= 4 is 20.3 Å². The van der Waals surface area contributed by atoms with E-state index in [0.29, 0.717) is 24.4 Å². The Labute approximate surface area is 128 Å². The predicted octanol–water partition coefficient (Wildman–Crippen LogP) is 2.84. The van der Waals surface area contributed by atoms with Gasteiger partial charge < -0.3 is 13.9 Å². The molecule has 0 unspecified atom stereocenters. The van der Waals surface area contributed by atoms with E-state index in [9.17, 15) is 9.59 Å². The van der Waals surface area contributed by atoms with Crippen LogP contribution in [0, 0.1) is 0 Å².